The fourth-order valence-corrected chi connectivity index (χ4v) is 1.58. The Morgan fingerprint density at radius 3 is 2.38 bits per heavy atom. The lowest BCUT2D eigenvalue weighted by atomic mass is 9.80. The fourth-order valence-electron chi connectivity index (χ4n) is 1.58. The summed E-state index contributed by atoms with van der Waals surface area (Å²) in [6.45, 7) is 6.91. The monoisotopic (exact) mass is 221 g/mol. The minimum absolute atomic E-state index is 0.394. The maximum Gasteiger partial charge on any atom is 0.496 e. The Labute approximate surface area is 100 Å². The molecule has 1 aliphatic heterocycles. The van der Waals surface area contributed by atoms with Crippen molar-refractivity contribution in [2.75, 3.05) is 0 Å². The molecule has 1 saturated heterocycles. The number of aryl methyl sites for hydroxylation is 1. The number of aromatic nitrogens is 1. The molecule has 0 radical (unpaired) electrons. The van der Waals surface area contributed by atoms with E-state index in [1.165, 1.54) is 6.20 Å². The fraction of sp³-hybridized carbons (Fsp3) is 0.583. The van der Waals surface area contributed by atoms with Gasteiger partial charge in [0.15, 0.2) is 0 Å². The minimum atomic E-state index is -1.04. The smallest absolute Gasteiger partial charge is 0.399 e. The molecule has 2 rings (SSSR count). The molecule has 3 nitrogen and oxygen atoms in total. The normalized spacial score (nSPS) is 24.4. The summed E-state index contributed by atoms with van der Waals surface area (Å²) in [7, 11) is -0.485. The highest BCUT2D eigenvalue weighted by Gasteiger charge is 2.51. The zero-order valence-corrected chi connectivity index (χ0v) is 10.2. The van der Waals surface area contributed by atoms with E-state index in [2.05, 4.69) is 4.98 Å². The summed E-state index contributed by atoms with van der Waals surface area (Å²) in [5.74, 6) is 0. The molecule has 86 valence electrons. The Bertz CT molecular complexity index is 435. The first-order valence-corrected chi connectivity index (χ1v) is 5.38. The van der Waals surface area contributed by atoms with Gasteiger partial charge in [0.25, 0.3) is 0 Å². The van der Waals surface area contributed by atoms with Crippen molar-refractivity contribution in [3.05, 3.63) is 24.0 Å². The van der Waals surface area contributed by atoms with Crippen molar-refractivity contribution < 1.29 is 12.1 Å². The number of nitrogens with zero attached hydrogens (tertiary/aromatic N) is 1. The summed E-state index contributed by atoms with van der Waals surface area (Å²) in [5.41, 5.74) is 0.516. The second kappa shape index (κ2) is 3.57. The van der Waals surface area contributed by atoms with Crippen LogP contribution in [0.5, 0.6) is 0 Å². The molecule has 16 heavy (non-hydrogen) atoms. The van der Waals surface area contributed by atoms with Gasteiger partial charge in [0.2, 0.25) is 0 Å². The van der Waals surface area contributed by atoms with Crippen molar-refractivity contribution in [1.29, 1.82) is 0 Å². The number of rotatable bonds is 1. The molecule has 0 atom stereocenters. The summed E-state index contributed by atoms with van der Waals surface area (Å²) in [6.07, 6.45) is 3.19. The molecule has 0 saturated carbocycles. The summed E-state index contributed by atoms with van der Waals surface area (Å²) in [5, 5.41) is 0. The van der Waals surface area contributed by atoms with Crippen LogP contribution in [0.25, 0.3) is 0 Å². The molecule has 1 aromatic heterocycles. The van der Waals surface area contributed by atoms with Gasteiger partial charge in [-0.1, -0.05) is 6.07 Å². The van der Waals surface area contributed by atoms with Crippen LogP contribution in [0.4, 0.5) is 0 Å². The lowest BCUT2D eigenvalue weighted by Crippen LogP contribution is -2.41. The van der Waals surface area contributed by atoms with Gasteiger partial charge in [-0.05, 0) is 40.1 Å². The highest BCUT2D eigenvalue weighted by molar-refractivity contribution is 6.62. The summed E-state index contributed by atoms with van der Waals surface area (Å²) in [6, 6.07) is 1.75. The molecular formula is C12H18BNO2. The van der Waals surface area contributed by atoms with Crippen LogP contribution < -0.4 is 5.46 Å². The van der Waals surface area contributed by atoms with Gasteiger partial charge in [-0.15, -0.1) is 0 Å². The maximum absolute atomic E-state index is 7.39. The Hall–Kier alpha value is -0.865. The van der Waals surface area contributed by atoms with Crippen molar-refractivity contribution in [3.8, 4) is 0 Å². The Balaban J connectivity index is 2.27. The second-order valence-electron chi connectivity index (χ2n) is 5.14. The van der Waals surface area contributed by atoms with Gasteiger partial charge < -0.3 is 9.31 Å². The lowest BCUT2D eigenvalue weighted by molar-refractivity contribution is 0.00578. The lowest BCUT2D eigenvalue weighted by Gasteiger charge is -2.32. The van der Waals surface area contributed by atoms with Gasteiger partial charge >= 0.3 is 7.12 Å². The van der Waals surface area contributed by atoms with Crippen molar-refractivity contribution in [2.24, 2.45) is 0 Å². The minimum Gasteiger partial charge on any atom is -0.399 e. The number of pyridine rings is 1. The van der Waals surface area contributed by atoms with Crippen LogP contribution in [-0.4, -0.2) is 23.3 Å². The van der Waals surface area contributed by atoms with E-state index in [9.17, 15) is 0 Å². The summed E-state index contributed by atoms with van der Waals surface area (Å²) >= 11 is 0. The molecule has 0 unspecified atom stereocenters. The average Bonchev–Trinajstić information content (AvgIpc) is 2.48. The third kappa shape index (κ3) is 1.87. The van der Waals surface area contributed by atoms with E-state index in [-0.39, 0.29) is 0 Å². The molecule has 1 fully saturated rings. The first-order chi connectivity index (χ1) is 8.23. The molecule has 4 heteroatoms. The quantitative estimate of drug-likeness (QED) is 0.676. The largest absolute Gasteiger partial charge is 0.496 e. The molecule has 1 aromatic rings. The molecule has 0 bridgehead atoms. The van der Waals surface area contributed by atoms with E-state index < -0.39 is 25.2 Å². The van der Waals surface area contributed by atoms with Crippen molar-refractivity contribution in [1.82, 2.24) is 4.98 Å². The summed E-state index contributed by atoms with van der Waals surface area (Å²) in [4.78, 5) is 4.05. The summed E-state index contributed by atoms with van der Waals surface area (Å²) < 4.78 is 26.6. The zero-order chi connectivity index (χ0) is 13.6. The highest BCUT2D eigenvalue weighted by atomic mass is 16.7. The maximum atomic E-state index is 7.39. The predicted octanol–water partition coefficient (Wildman–Crippen LogP) is 1.69. The second-order valence-corrected chi connectivity index (χ2v) is 5.14. The third-order valence-corrected chi connectivity index (χ3v) is 3.31. The van der Waals surface area contributed by atoms with Crippen molar-refractivity contribution in [3.63, 3.8) is 0 Å². The van der Waals surface area contributed by atoms with Gasteiger partial charge in [0, 0.05) is 20.6 Å². The SMILES string of the molecule is [2H]C([2H])c1cncc(B2OC(C)(C)C(C)(C)O2)c1. The Kier molecular flexibility index (Phi) is 2.05. The molecule has 0 aliphatic carbocycles. The van der Waals surface area contributed by atoms with Gasteiger partial charge in [-0.25, -0.2) is 0 Å². The van der Waals surface area contributed by atoms with E-state index >= 15 is 0 Å². The van der Waals surface area contributed by atoms with E-state index in [1.807, 2.05) is 27.7 Å². The van der Waals surface area contributed by atoms with Crippen molar-refractivity contribution >= 4 is 12.6 Å². The van der Waals surface area contributed by atoms with Crippen LogP contribution in [0.3, 0.4) is 0 Å². The van der Waals surface area contributed by atoms with Crippen LogP contribution >= 0.6 is 0 Å². The molecule has 0 aromatic carbocycles. The van der Waals surface area contributed by atoms with Crippen LogP contribution in [0, 0.1) is 6.88 Å². The van der Waals surface area contributed by atoms with Crippen LogP contribution in [-0.2, 0) is 9.31 Å². The van der Waals surface area contributed by atoms with Gasteiger partial charge in [0.05, 0.1) is 11.2 Å². The molecule has 0 spiro atoms. The zero-order valence-electron chi connectivity index (χ0n) is 12.2. The third-order valence-electron chi connectivity index (χ3n) is 3.31. The first-order valence-electron chi connectivity index (χ1n) is 6.53. The Morgan fingerprint density at radius 2 is 1.81 bits per heavy atom. The van der Waals surface area contributed by atoms with Crippen molar-refractivity contribution in [2.45, 2.75) is 45.8 Å². The van der Waals surface area contributed by atoms with E-state index in [1.54, 1.807) is 12.3 Å². The van der Waals surface area contributed by atoms with Gasteiger partial charge in [0.1, 0.15) is 0 Å². The van der Waals surface area contributed by atoms with E-state index in [4.69, 9.17) is 12.1 Å². The first kappa shape index (κ1) is 9.19. The van der Waals surface area contributed by atoms with Gasteiger partial charge in [-0.3, -0.25) is 4.98 Å². The number of hydrogen-bond acceptors (Lipinski definition) is 3. The van der Waals surface area contributed by atoms with E-state index in [0.29, 0.717) is 5.56 Å². The van der Waals surface area contributed by atoms with E-state index in [0.717, 1.165) is 5.46 Å². The molecule has 1 aliphatic rings. The molecule has 2 heterocycles. The highest BCUT2D eigenvalue weighted by Crippen LogP contribution is 2.36. The van der Waals surface area contributed by atoms with Crippen LogP contribution in [0.2, 0.25) is 0 Å². The molecule has 0 N–H and O–H groups in total. The Morgan fingerprint density at radius 1 is 1.19 bits per heavy atom. The van der Waals surface area contributed by atoms with Crippen LogP contribution in [0.15, 0.2) is 18.5 Å². The average molecular weight is 221 g/mol. The standard InChI is InChI=1S/C12H18BNO2/c1-9-6-10(8-14-7-9)13-15-11(2,3)12(4,5)16-13/h6-8H,1-5H3/i1D2. The van der Waals surface area contributed by atoms with Crippen LogP contribution in [0.1, 0.15) is 36.0 Å². The number of hydrogen-bond donors (Lipinski definition) is 0. The molecule has 0 amide bonds. The van der Waals surface area contributed by atoms with Gasteiger partial charge in [-0.2, -0.15) is 0 Å². The molecular weight excluding hydrogens is 201 g/mol. The topological polar surface area (TPSA) is 31.4 Å². The predicted molar refractivity (Wildman–Crippen MR) is 64.7 cm³/mol.